The van der Waals surface area contributed by atoms with Gasteiger partial charge in [0.15, 0.2) is 0 Å². The molecule has 34 heavy (non-hydrogen) atoms. The van der Waals surface area contributed by atoms with E-state index in [1.54, 1.807) is 27.1 Å². The number of hydrogen-bond donors (Lipinski definition) is 1. The lowest BCUT2D eigenvalue weighted by Crippen LogP contribution is -2.49. The topological polar surface area (TPSA) is 61.9 Å². The summed E-state index contributed by atoms with van der Waals surface area (Å²) >= 11 is 0. The highest BCUT2D eigenvalue weighted by Crippen LogP contribution is 2.31. The number of para-hydroxylation sites is 1. The molecule has 0 spiro atoms. The Bertz CT molecular complexity index is 1180. The van der Waals surface area contributed by atoms with Gasteiger partial charge in [0, 0.05) is 51.3 Å². The quantitative estimate of drug-likeness (QED) is 0.605. The number of amides is 2. The molecule has 6 heteroatoms. The molecule has 4 rings (SSSR count). The zero-order valence-corrected chi connectivity index (χ0v) is 20.0. The van der Waals surface area contributed by atoms with Crippen LogP contribution in [0.2, 0.25) is 0 Å². The minimum atomic E-state index is -0.128. The van der Waals surface area contributed by atoms with Gasteiger partial charge in [-0.05, 0) is 41.0 Å². The first-order valence-electron chi connectivity index (χ1n) is 11.5. The van der Waals surface area contributed by atoms with E-state index in [1.165, 1.54) is 5.56 Å². The number of piperazine rings is 1. The van der Waals surface area contributed by atoms with Crippen LogP contribution >= 0.6 is 0 Å². The Labute approximate surface area is 201 Å². The molecule has 0 aromatic heterocycles. The molecule has 0 saturated carbocycles. The maximum absolute atomic E-state index is 12.4. The fourth-order valence-corrected chi connectivity index (χ4v) is 4.66. The van der Waals surface area contributed by atoms with Crippen LogP contribution in [0, 0.1) is 0 Å². The van der Waals surface area contributed by atoms with Gasteiger partial charge in [-0.3, -0.25) is 14.5 Å². The minimum Gasteiger partial charge on any atom is -0.496 e. The van der Waals surface area contributed by atoms with Gasteiger partial charge in [0.1, 0.15) is 5.75 Å². The fourth-order valence-electron chi connectivity index (χ4n) is 4.66. The van der Waals surface area contributed by atoms with Crippen LogP contribution in [0.5, 0.6) is 5.75 Å². The summed E-state index contributed by atoms with van der Waals surface area (Å²) in [4.78, 5) is 28.8. The van der Waals surface area contributed by atoms with E-state index in [4.69, 9.17) is 4.74 Å². The fraction of sp³-hybridized carbons (Fsp3) is 0.286. The molecule has 1 heterocycles. The average molecular weight is 458 g/mol. The molecule has 1 atom stereocenters. The van der Waals surface area contributed by atoms with Gasteiger partial charge in [-0.2, -0.15) is 0 Å². The van der Waals surface area contributed by atoms with Crippen LogP contribution in [0.15, 0.2) is 72.8 Å². The molecule has 176 valence electrons. The van der Waals surface area contributed by atoms with Gasteiger partial charge in [-0.1, -0.05) is 48.5 Å². The number of carbonyl (C=O) groups excluding carboxylic acids is 2. The SMILES string of the molecule is CNC(=O)c1cccc([C@H]2CN(Cc3cccc(-c4ccccc4OC)c3)CCN2C(C)=O)c1. The summed E-state index contributed by atoms with van der Waals surface area (Å²) < 4.78 is 5.55. The van der Waals surface area contributed by atoms with Gasteiger partial charge in [0.05, 0.1) is 13.2 Å². The molecule has 1 aliphatic rings. The maximum Gasteiger partial charge on any atom is 0.251 e. The first-order chi connectivity index (χ1) is 16.5. The maximum atomic E-state index is 12.4. The Morgan fingerprint density at radius 1 is 1.00 bits per heavy atom. The van der Waals surface area contributed by atoms with Crippen molar-refractivity contribution in [2.75, 3.05) is 33.8 Å². The molecule has 2 amide bonds. The number of ether oxygens (including phenoxy) is 1. The monoisotopic (exact) mass is 457 g/mol. The molecule has 1 N–H and O–H groups in total. The molecule has 0 aliphatic carbocycles. The predicted octanol–water partition coefficient (Wildman–Crippen LogP) is 4.13. The highest BCUT2D eigenvalue weighted by molar-refractivity contribution is 5.94. The van der Waals surface area contributed by atoms with Crippen LogP contribution in [0.25, 0.3) is 11.1 Å². The number of hydrogen-bond acceptors (Lipinski definition) is 4. The van der Waals surface area contributed by atoms with E-state index < -0.39 is 0 Å². The number of carbonyl (C=O) groups is 2. The highest BCUT2D eigenvalue weighted by Gasteiger charge is 2.30. The zero-order valence-electron chi connectivity index (χ0n) is 20.0. The molecular weight excluding hydrogens is 426 g/mol. The van der Waals surface area contributed by atoms with Gasteiger partial charge in [0.2, 0.25) is 5.91 Å². The van der Waals surface area contributed by atoms with Crippen LogP contribution in [-0.2, 0) is 11.3 Å². The van der Waals surface area contributed by atoms with Gasteiger partial charge in [0.25, 0.3) is 5.91 Å². The Morgan fingerprint density at radius 3 is 2.56 bits per heavy atom. The Morgan fingerprint density at radius 2 is 1.79 bits per heavy atom. The third kappa shape index (κ3) is 5.13. The zero-order chi connectivity index (χ0) is 24.1. The lowest BCUT2D eigenvalue weighted by Gasteiger charge is -2.41. The summed E-state index contributed by atoms with van der Waals surface area (Å²) in [6, 6.07) is 24.0. The van der Waals surface area contributed by atoms with Crippen molar-refractivity contribution in [3.8, 4) is 16.9 Å². The first kappa shape index (κ1) is 23.5. The van der Waals surface area contributed by atoms with Crippen molar-refractivity contribution in [3.05, 3.63) is 89.5 Å². The van der Waals surface area contributed by atoms with Crippen molar-refractivity contribution in [3.63, 3.8) is 0 Å². The van der Waals surface area contributed by atoms with Gasteiger partial charge < -0.3 is 15.0 Å². The lowest BCUT2D eigenvalue weighted by atomic mass is 9.98. The number of methoxy groups -OCH3 is 1. The molecule has 1 fully saturated rings. The van der Waals surface area contributed by atoms with Crippen LogP contribution in [0.4, 0.5) is 0 Å². The largest absolute Gasteiger partial charge is 0.496 e. The predicted molar refractivity (Wildman–Crippen MR) is 134 cm³/mol. The second kappa shape index (κ2) is 10.5. The minimum absolute atomic E-state index is 0.0492. The first-order valence-corrected chi connectivity index (χ1v) is 11.5. The third-order valence-electron chi connectivity index (χ3n) is 6.38. The van der Waals surface area contributed by atoms with Crippen LogP contribution in [0.3, 0.4) is 0 Å². The highest BCUT2D eigenvalue weighted by atomic mass is 16.5. The van der Waals surface area contributed by atoms with Crippen molar-refractivity contribution >= 4 is 11.8 Å². The normalized spacial score (nSPS) is 16.2. The molecule has 6 nitrogen and oxygen atoms in total. The van der Waals surface area contributed by atoms with Crippen LogP contribution in [-0.4, -0.2) is 55.4 Å². The number of rotatable bonds is 6. The van der Waals surface area contributed by atoms with Crippen molar-refractivity contribution in [2.45, 2.75) is 19.5 Å². The van der Waals surface area contributed by atoms with E-state index in [0.717, 1.165) is 35.5 Å². The number of benzene rings is 3. The summed E-state index contributed by atoms with van der Waals surface area (Å²) in [5.74, 6) is 0.774. The van der Waals surface area contributed by atoms with E-state index in [-0.39, 0.29) is 17.9 Å². The van der Waals surface area contributed by atoms with E-state index in [1.807, 2.05) is 41.3 Å². The Hall–Kier alpha value is -3.64. The van der Waals surface area contributed by atoms with Crippen molar-refractivity contribution < 1.29 is 14.3 Å². The van der Waals surface area contributed by atoms with E-state index in [0.29, 0.717) is 18.7 Å². The van der Waals surface area contributed by atoms with Crippen molar-refractivity contribution in [1.82, 2.24) is 15.1 Å². The van der Waals surface area contributed by atoms with E-state index in [9.17, 15) is 9.59 Å². The summed E-state index contributed by atoms with van der Waals surface area (Å²) in [6.07, 6.45) is 0. The Balaban J connectivity index is 1.56. The molecule has 0 radical (unpaired) electrons. The van der Waals surface area contributed by atoms with E-state index in [2.05, 4.69) is 40.5 Å². The standard InChI is InChI=1S/C28H31N3O3/c1-20(32)31-15-14-30(19-26(31)23-10-7-11-24(17-23)28(33)29-2)18-21-8-6-9-22(16-21)25-12-4-5-13-27(25)34-3/h4-13,16-17,26H,14-15,18-19H2,1-3H3,(H,29,33)/t26-/m1/s1. The van der Waals surface area contributed by atoms with Gasteiger partial charge in [-0.25, -0.2) is 0 Å². The summed E-state index contributed by atoms with van der Waals surface area (Å²) in [5.41, 5.74) is 4.97. The summed E-state index contributed by atoms with van der Waals surface area (Å²) in [6.45, 7) is 4.54. The second-order valence-corrected chi connectivity index (χ2v) is 8.57. The molecule has 1 aliphatic heterocycles. The second-order valence-electron chi connectivity index (χ2n) is 8.57. The summed E-state index contributed by atoms with van der Waals surface area (Å²) in [7, 11) is 3.31. The van der Waals surface area contributed by atoms with Crippen molar-refractivity contribution in [2.24, 2.45) is 0 Å². The summed E-state index contributed by atoms with van der Waals surface area (Å²) in [5, 5.41) is 2.67. The molecule has 0 unspecified atom stereocenters. The molecule has 0 bridgehead atoms. The average Bonchev–Trinajstić information content (AvgIpc) is 2.88. The molecular formula is C28H31N3O3. The van der Waals surface area contributed by atoms with Crippen LogP contribution in [0.1, 0.15) is 34.5 Å². The number of nitrogens with zero attached hydrogens (tertiary/aromatic N) is 2. The third-order valence-corrected chi connectivity index (χ3v) is 6.38. The Kier molecular flexibility index (Phi) is 7.28. The van der Waals surface area contributed by atoms with Crippen LogP contribution < -0.4 is 10.1 Å². The molecule has 3 aromatic rings. The molecule has 3 aromatic carbocycles. The van der Waals surface area contributed by atoms with E-state index >= 15 is 0 Å². The molecule has 1 saturated heterocycles. The van der Waals surface area contributed by atoms with Crippen molar-refractivity contribution in [1.29, 1.82) is 0 Å². The lowest BCUT2D eigenvalue weighted by molar-refractivity contribution is -0.134. The smallest absolute Gasteiger partial charge is 0.251 e. The van der Waals surface area contributed by atoms with Gasteiger partial charge >= 0.3 is 0 Å². The van der Waals surface area contributed by atoms with Gasteiger partial charge in [-0.15, -0.1) is 0 Å². The number of nitrogens with one attached hydrogen (secondary N) is 1.